The van der Waals surface area contributed by atoms with Crippen LogP contribution in [0.1, 0.15) is 55.2 Å². The van der Waals surface area contributed by atoms with Gasteiger partial charge >= 0.3 is 5.97 Å². The zero-order valence-electron chi connectivity index (χ0n) is 15.8. The highest BCUT2D eigenvalue weighted by atomic mass is 16.4. The van der Waals surface area contributed by atoms with E-state index in [1.165, 1.54) is 24.8 Å². The molecule has 0 spiro atoms. The molecule has 4 aliphatic rings. The van der Waals surface area contributed by atoms with Crippen LogP contribution in [-0.4, -0.2) is 23.0 Å². The van der Waals surface area contributed by atoms with Crippen LogP contribution < -0.4 is 5.32 Å². The Morgan fingerprint density at radius 3 is 2.15 bits per heavy atom. The molecular weight excluding hydrogens is 326 g/mol. The average molecular weight is 355 g/mol. The monoisotopic (exact) mass is 355 g/mol. The number of carbonyl (C=O) groups excluding carboxylic acids is 1. The number of rotatable bonds is 5. The molecule has 0 saturated heterocycles. The summed E-state index contributed by atoms with van der Waals surface area (Å²) in [6, 6.07) is 5.17. The Hall–Kier alpha value is -1.84. The molecule has 1 aromatic rings. The minimum atomic E-state index is -0.943. The predicted octanol–water partition coefficient (Wildman–Crippen LogP) is 3.63. The zero-order valence-corrected chi connectivity index (χ0v) is 15.8. The molecule has 1 atom stereocenters. The Balaban J connectivity index is 1.49. The lowest BCUT2D eigenvalue weighted by molar-refractivity contribution is -0.151. The van der Waals surface area contributed by atoms with Gasteiger partial charge in [-0.05, 0) is 86.8 Å². The van der Waals surface area contributed by atoms with Crippen molar-refractivity contribution in [2.24, 2.45) is 23.2 Å². The van der Waals surface area contributed by atoms with Gasteiger partial charge < -0.3 is 10.4 Å². The van der Waals surface area contributed by atoms with Gasteiger partial charge in [-0.2, -0.15) is 0 Å². The molecule has 1 amide bonds. The maximum absolute atomic E-state index is 13.1. The van der Waals surface area contributed by atoms with Gasteiger partial charge in [0.2, 0.25) is 5.91 Å². The number of hydrogen-bond acceptors (Lipinski definition) is 2. The van der Waals surface area contributed by atoms with Crippen LogP contribution in [0.15, 0.2) is 18.2 Å². The van der Waals surface area contributed by atoms with Gasteiger partial charge in [-0.15, -0.1) is 0 Å². The average Bonchev–Trinajstić information content (AvgIpc) is 2.56. The van der Waals surface area contributed by atoms with Crippen LogP contribution >= 0.6 is 0 Å². The van der Waals surface area contributed by atoms with Gasteiger partial charge in [0.25, 0.3) is 0 Å². The number of benzene rings is 1. The Kier molecular flexibility index (Phi) is 4.32. The van der Waals surface area contributed by atoms with Crippen LogP contribution in [0.2, 0.25) is 0 Å². The summed E-state index contributed by atoms with van der Waals surface area (Å²) in [7, 11) is 0. The third-order valence-electron chi connectivity index (χ3n) is 7.13. The third-order valence-corrected chi connectivity index (χ3v) is 7.13. The van der Waals surface area contributed by atoms with E-state index in [0.29, 0.717) is 24.2 Å². The summed E-state index contributed by atoms with van der Waals surface area (Å²) < 4.78 is 0. The highest BCUT2D eigenvalue weighted by Gasteiger charge is 2.54. The largest absolute Gasteiger partial charge is 0.480 e. The van der Waals surface area contributed by atoms with E-state index in [1.54, 1.807) is 0 Å². The molecule has 4 fully saturated rings. The fourth-order valence-electron chi connectivity index (χ4n) is 6.07. The molecule has 140 valence electrons. The number of amides is 1. The van der Waals surface area contributed by atoms with Crippen LogP contribution in [0, 0.1) is 37.0 Å². The fourth-order valence-corrected chi connectivity index (χ4v) is 6.07. The lowest BCUT2D eigenvalue weighted by atomic mass is 9.49. The zero-order chi connectivity index (χ0) is 18.5. The molecule has 4 nitrogen and oxygen atoms in total. The number of carboxylic acid groups (broad SMARTS) is 1. The number of aliphatic carboxylic acids is 1. The predicted molar refractivity (Wildman–Crippen MR) is 99.8 cm³/mol. The molecule has 4 heteroatoms. The van der Waals surface area contributed by atoms with Gasteiger partial charge in [-0.3, -0.25) is 4.79 Å². The maximum atomic E-state index is 13.1. The standard InChI is InChI=1S/C22H29NO3/c1-13-3-4-15(5-14(13)2)9-19(20(24)25)23-21(26)22-10-16-6-17(11-22)8-18(7-16)12-22/h3-5,16-19H,6-12H2,1-2H3,(H,23,26)(H,24,25)/t16?,17?,18?,19-,22?/m0/s1. The minimum Gasteiger partial charge on any atom is -0.480 e. The molecule has 0 aliphatic heterocycles. The summed E-state index contributed by atoms with van der Waals surface area (Å²) in [4.78, 5) is 25.0. The van der Waals surface area contributed by atoms with Gasteiger partial charge in [0.1, 0.15) is 6.04 Å². The summed E-state index contributed by atoms with van der Waals surface area (Å²) in [6.07, 6.45) is 7.05. The van der Waals surface area contributed by atoms with E-state index < -0.39 is 12.0 Å². The minimum absolute atomic E-state index is 0.00664. The topological polar surface area (TPSA) is 66.4 Å². The molecular formula is C22H29NO3. The van der Waals surface area contributed by atoms with Gasteiger partial charge in [0, 0.05) is 11.8 Å². The molecule has 0 radical (unpaired) electrons. The lowest BCUT2D eigenvalue weighted by Crippen LogP contribution is -2.56. The fraction of sp³-hybridized carbons (Fsp3) is 0.636. The van der Waals surface area contributed by atoms with E-state index in [2.05, 4.69) is 5.32 Å². The van der Waals surface area contributed by atoms with Crippen molar-refractivity contribution in [3.63, 3.8) is 0 Å². The number of carbonyl (C=O) groups is 2. The number of nitrogens with one attached hydrogen (secondary N) is 1. The van der Waals surface area contributed by atoms with E-state index in [4.69, 9.17) is 0 Å². The summed E-state index contributed by atoms with van der Waals surface area (Å²) in [5.74, 6) is 1.08. The smallest absolute Gasteiger partial charge is 0.326 e. The van der Waals surface area contributed by atoms with Crippen molar-refractivity contribution >= 4 is 11.9 Å². The van der Waals surface area contributed by atoms with Gasteiger partial charge in [0.15, 0.2) is 0 Å². The normalized spacial score (nSPS) is 33.1. The highest BCUT2D eigenvalue weighted by molar-refractivity contribution is 5.88. The lowest BCUT2D eigenvalue weighted by Gasteiger charge is -2.55. The summed E-state index contributed by atoms with van der Waals surface area (Å²) in [6.45, 7) is 4.07. The van der Waals surface area contributed by atoms with Crippen LogP contribution in [0.25, 0.3) is 0 Å². The molecule has 0 heterocycles. The van der Waals surface area contributed by atoms with E-state index in [0.717, 1.165) is 30.4 Å². The van der Waals surface area contributed by atoms with Crippen molar-refractivity contribution in [3.05, 3.63) is 34.9 Å². The summed E-state index contributed by atoms with van der Waals surface area (Å²) in [5, 5.41) is 12.6. The molecule has 5 rings (SSSR count). The van der Waals surface area contributed by atoms with Crippen molar-refractivity contribution in [2.75, 3.05) is 0 Å². The van der Waals surface area contributed by atoms with Crippen LogP contribution in [-0.2, 0) is 16.0 Å². The molecule has 0 unspecified atom stereocenters. The number of carboxylic acids is 1. The van der Waals surface area contributed by atoms with Gasteiger partial charge in [-0.25, -0.2) is 4.79 Å². The number of hydrogen-bond donors (Lipinski definition) is 2. The quantitative estimate of drug-likeness (QED) is 0.847. The molecule has 4 aliphatic carbocycles. The first kappa shape index (κ1) is 17.6. The molecule has 26 heavy (non-hydrogen) atoms. The Labute approximate surface area is 155 Å². The van der Waals surface area contributed by atoms with Crippen molar-refractivity contribution in [3.8, 4) is 0 Å². The molecule has 0 aromatic heterocycles. The van der Waals surface area contributed by atoms with Crippen LogP contribution in [0.4, 0.5) is 0 Å². The van der Waals surface area contributed by atoms with Gasteiger partial charge in [0.05, 0.1) is 0 Å². The Morgan fingerprint density at radius 2 is 1.65 bits per heavy atom. The SMILES string of the molecule is Cc1ccc(C[C@H](NC(=O)C23CC4CC(CC(C4)C2)C3)C(=O)O)cc1C. The van der Waals surface area contributed by atoms with Crippen molar-refractivity contribution in [1.82, 2.24) is 5.32 Å². The second kappa shape index (κ2) is 6.40. The van der Waals surface area contributed by atoms with E-state index >= 15 is 0 Å². The van der Waals surface area contributed by atoms with Crippen molar-refractivity contribution < 1.29 is 14.7 Å². The van der Waals surface area contributed by atoms with E-state index in [-0.39, 0.29) is 11.3 Å². The highest BCUT2D eigenvalue weighted by Crippen LogP contribution is 2.60. The van der Waals surface area contributed by atoms with Crippen molar-refractivity contribution in [2.45, 2.75) is 64.8 Å². The molecule has 2 N–H and O–H groups in total. The second-order valence-corrected chi connectivity index (χ2v) is 9.18. The summed E-state index contributed by atoms with van der Waals surface area (Å²) >= 11 is 0. The van der Waals surface area contributed by atoms with E-state index in [9.17, 15) is 14.7 Å². The Bertz CT molecular complexity index is 704. The van der Waals surface area contributed by atoms with Crippen LogP contribution in [0.3, 0.4) is 0 Å². The van der Waals surface area contributed by atoms with Crippen LogP contribution in [0.5, 0.6) is 0 Å². The maximum Gasteiger partial charge on any atom is 0.326 e. The van der Waals surface area contributed by atoms with Crippen molar-refractivity contribution in [1.29, 1.82) is 0 Å². The van der Waals surface area contributed by atoms with E-state index in [1.807, 2.05) is 32.0 Å². The molecule has 4 saturated carbocycles. The Morgan fingerprint density at radius 1 is 1.08 bits per heavy atom. The third kappa shape index (κ3) is 3.15. The first-order chi connectivity index (χ1) is 12.3. The summed E-state index contributed by atoms with van der Waals surface area (Å²) in [5.41, 5.74) is 3.01. The number of aryl methyl sites for hydroxylation is 2. The second-order valence-electron chi connectivity index (χ2n) is 9.18. The first-order valence-electron chi connectivity index (χ1n) is 9.94. The molecule has 4 bridgehead atoms. The molecule has 1 aromatic carbocycles. The first-order valence-corrected chi connectivity index (χ1v) is 9.94. The van der Waals surface area contributed by atoms with Gasteiger partial charge in [-0.1, -0.05) is 18.2 Å².